The van der Waals surface area contributed by atoms with Crippen LogP contribution in [0.25, 0.3) is 0 Å². The SMILES string of the molecule is O=C([O-])C1(O)CSC(O)(C(=O)[O-])CS1.[K+].[K+]. The van der Waals surface area contributed by atoms with Crippen LogP contribution in [0.4, 0.5) is 0 Å². The zero-order valence-corrected chi connectivity index (χ0v) is 16.6. The predicted octanol–water partition coefficient (Wildman–Crippen LogP) is -9.65. The molecule has 6 nitrogen and oxygen atoms in total. The summed E-state index contributed by atoms with van der Waals surface area (Å²) in [5, 5.41) is 39.5. The molecule has 2 N–H and O–H groups in total. The molecule has 0 aromatic carbocycles. The summed E-state index contributed by atoms with van der Waals surface area (Å²) in [4.78, 5) is 16.5. The Balaban J connectivity index is 0. The topological polar surface area (TPSA) is 121 Å². The number of rotatable bonds is 2. The average molecular weight is 316 g/mol. The normalized spacial score (nSPS) is 33.1. The molecule has 1 aliphatic rings. The Labute approximate surface area is 185 Å². The Hall–Kier alpha value is 2.83. The van der Waals surface area contributed by atoms with Crippen LogP contribution in [0, 0.1) is 0 Å². The summed E-state index contributed by atoms with van der Waals surface area (Å²) in [5.74, 6) is -4.33. The molecular weight excluding hydrogens is 310 g/mol. The fourth-order valence-electron chi connectivity index (χ4n) is 0.753. The van der Waals surface area contributed by atoms with E-state index in [1.807, 2.05) is 0 Å². The summed E-state index contributed by atoms with van der Waals surface area (Å²) in [6.45, 7) is 0. The Bertz CT molecular complexity index is 250. The van der Waals surface area contributed by atoms with Crippen molar-refractivity contribution in [2.45, 2.75) is 9.87 Å². The molecule has 0 spiro atoms. The van der Waals surface area contributed by atoms with Gasteiger partial charge in [0.25, 0.3) is 0 Å². The Morgan fingerprint density at radius 3 is 1.31 bits per heavy atom. The van der Waals surface area contributed by atoms with Crippen molar-refractivity contribution in [1.82, 2.24) is 0 Å². The molecule has 1 aliphatic heterocycles. The number of aliphatic carboxylic acids is 2. The number of thioether (sulfide) groups is 2. The molecule has 0 saturated carbocycles. The van der Waals surface area contributed by atoms with Crippen LogP contribution in [0.2, 0.25) is 0 Å². The van der Waals surface area contributed by atoms with Crippen LogP contribution >= 0.6 is 23.5 Å². The third-order valence-corrected chi connectivity index (χ3v) is 4.72. The number of hydrogen-bond acceptors (Lipinski definition) is 8. The molecule has 2 unspecified atom stereocenters. The van der Waals surface area contributed by atoms with Gasteiger partial charge in [0, 0.05) is 11.5 Å². The van der Waals surface area contributed by atoms with Gasteiger partial charge in [-0.05, 0) is 0 Å². The predicted molar refractivity (Wildman–Crippen MR) is 44.8 cm³/mol. The molecule has 0 bridgehead atoms. The van der Waals surface area contributed by atoms with E-state index in [0.717, 1.165) is 0 Å². The zero-order chi connectivity index (χ0) is 11.0. The average Bonchev–Trinajstić information content (AvgIpc) is 2.10. The van der Waals surface area contributed by atoms with E-state index in [-0.39, 0.29) is 103 Å². The van der Waals surface area contributed by atoms with Crippen molar-refractivity contribution in [2.75, 3.05) is 11.5 Å². The van der Waals surface area contributed by atoms with Gasteiger partial charge >= 0.3 is 103 Å². The van der Waals surface area contributed by atoms with E-state index in [2.05, 4.69) is 0 Å². The number of hydrogen-bond donors (Lipinski definition) is 2. The van der Waals surface area contributed by atoms with Gasteiger partial charge in [-0.2, -0.15) is 0 Å². The Morgan fingerprint density at radius 1 is 0.938 bits per heavy atom. The maximum absolute atomic E-state index is 10.4. The van der Waals surface area contributed by atoms with Gasteiger partial charge in [0.1, 0.15) is 0 Å². The van der Waals surface area contributed by atoms with Crippen molar-refractivity contribution in [1.29, 1.82) is 0 Å². The summed E-state index contributed by atoms with van der Waals surface area (Å²) in [6.07, 6.45) is 0. The summed E-state index contributed by atoms with van der Waals surface area (Å²) in [5.41, 5.74) is 0. The number of carbonyl (C=O) groups excluding carboxylic acids is 2. The minimum absolute atomic E-state index is 0. The van der Waals surface area contributed by atoms with Crippen molar-refractivity contribution < 1.29 is 133 Å². The van der Waals surface area contributed by atoms with Crippen LogP contribution in [-0.4, -0.2) is 43.5 Å². The summed E-state index contributed by atoms with van der Waals surface area (Å²) in [7, 11) is 0. The maximum atomic E-state index is 10.4. The molecule has 0 amide bonds. The van der Waals surface area contributed by atoms with Crippen LogP contribution in [0.15, 0.2) is 0 Å². The number of carboxylic acid groups (broad SMARTS) is 2. The molecule has 1 fully saturated rings. The molecule has 0 aromatic rings. The fourth-order valence-corrected chi connectivity index (χ4v) is 3.11. The van der Waals surface area contributed by atoms with E-state index >= 15 is 0 Å². The zero-order valence-electron chi connectivity index (χ0n) is 8.76. The fraction of sp³-hybridized carbons (Fsp3) is 0.667. The molecule has 1 heterocycles. The van der Waals surface area contributed by atoms with Crippen LogP contribution in [0.3, 0.4) is 0 Å². The quantitative estimate of drug-likeness (QED) is 0.482. The first-order valence-electron chi connectivity index (χ1n) is 3.46. The summed E-state index contributed by atoms with van der Waals surface area (Å²) < 4.78 is 0. The second-order valence-corrected chi connectivity index (χ2v) is 5.23. The Kier molecular flexibility index (Phi) is 10.8. The van der Waals surface area contributed by atoms with E-state index in [1.54, 1.807) is 0 Å². The first-order chi connectivity index (χ1) is 6.30. The second kappa shape index (κ2) is 8.19. The minimum atomic E-state index is -2.15. The van der Waals surface area contributed by atoms with Crippen LogP contribution in [0.5, 0.6) is 0 Å². The van der Waals surface area contributed by atoms with E-state index in [1.165, 1.54) is 0 Å². The first-order valence-corrected chi connectivity index (χ1v) is 5.43. The molecule has 80 valence electrons. The second-order valence-electron chi connectivity index (χ2n) is 2.72. The number of aliphatic hydroxyl groups is 2. The molecular formula is C6H6K2O6S2. The van der Waals surface area contributed by atoms with Gasteiger partial charge in [-0.25, -0.2) is 0 Å². The van der Waals surface area contributed by atoms with Crippen molar-refractivity contribution >= 4 is 35.5 Å². The largest absolute Gasteiger partial charge is 1.00 e. The number of carbonyl (C=O) groups is 2. The monoisotopic (exact) mass is 316 g/mol. The van der Waals surface area contributed by atoms with E-state index in [4.69, 9.17) is 0 Å². The molecule has 1 rings (SSSR count). The van der Waals surface area contributed by atoms with Gasteiger partial charge in [-0.1, -0.05) is 0 Å². The molecule has 0 radical (unpaired) electrons. The van der Waals surface area contributed by atoms with E-state index in [0.29, 0.717) is 23.5 Å². The van der Waals surface area contributed by atoms with Gasteiger partial charge in [-0.3, -0.25) is 0 Å². The van der Waals surface area contributed by atoms with Gasteiger partial charge in [0.15, 0.2) is 9.87 Å². The first kappa shape index (κ1) is 21.1. The van der Waals surface area contributed by atoms with Gasteiger partial charge in [0.2, 0.25) is 0 Å². The van der Waals surface area contributed by atoms with Crippen LogP contribution in [0.1, 0.15) is 0 Å². The molecule has 0 aliphatic carbocycles. The molecule has 10 heteroatoms. The summed E-state index contributed by atoms with van der Waals surface area (Å²) in [6, 6.07) is 0. The summed E-state index contributed by atoms with van der Waals surface area (Å²) >= 11 is 0.821. The molecule has 2 atom stereocenters. The van der Waals surface area contributed by atoms with Crippen LogP contribution in [-0.2, 0) is 9.59 Å². The molecule has 16 heavy (non-hydrogen) atoms. The Morgan fingerprint density at radius 2 is 1.19 bits per heavy atom. The van der Waals surface area contributed by atoms with Crippen molar-refractivity contribution in [3.63, 3.8) is 0 Å². The van der Waals surface area contributed by atoms with Crippen molar-refractivity contribution in [2.24, 2.45) is 0 Å². The standard InChI is InChI=1S/C6H8O6S2.2K/c7-3(8)5(11)1-13-6(12,2-14-5)4(9)10;;/h11-12H,1-2H2,(H,7,8)(H,9,10);;/q;2*+1/p-2. The van der Waals surface area contributed by atoms with Crippen molar-refractivity contribution in [3.8, 4) is 0 Å². The van der Waals surface area contributed by atoms with Crippen molar-refractivity contribution in [3.05, 3.63) is 0 Å². The third-order valence-electron chi connectivity index (χ3n) is 1.65. The smallest absolute Gasteiger partial charge is 0.546 e. The van der Waals surface area contributed by atoms with E-state index in [9.17, 15) is 30.0 Å². The maximum Gasteiger partial charge on any atom is 1.00 e. The van der Waals surface area contributed by atoms with E-state index < -0.39 is 33.3 Å². The molecule has 0 aromatic heterocycles. The minimum Gasteiger partial charge on any atom is -0.546 e. The van der Waals surface area contributed by atoms with Gasteiger partial charge in [0.05, 0.1) is 11.9 Å². The van der Waals surface area contributed by atoms with Crippen LogP contribution < -0.4 is 113 Å². The van der Waals surface area contributed by atoms with Gasteiger partial charge in [-0.15, -0.1) is 23.5 Å². The number of carboxylic acids is 2. The molecule has 1 saturated heterocycles. The van der Waals surface area contributed by atoms with Gasteiger partial charge < -0.3 is 30.0 Å². The third kappa shape index (κ3) is 5.08.